The van der Waals surface area contributed by atoms with Crippen LogP contribution in [0, 0.1) is 6.92 Å². The number of likely N-dealkylation sites (N-methyl/N-ethyl adjacent to an activating group) is 1. The summed E-state index contributed by atoms with van der Waals surface area (Å²) in [6.45, 7) is 1.99. The number of carbonyl (C=O) groups is 1. The summed E-state index contributed by atoms with van der Waals surface area (Å²) in [4.78, 5) is 20.3. The molecule has 0 saturated carbocycles. The average Bonchev–Trinajstić information content (AvgIpc) is 3.04. The molecule has 0 fully saturated rings. The van der Waals surface area contributed by atoms with Crippen LogP contribution in [0.1, 0.15) is 5.56 Å². The molecule has 26 heavy (non-hydrogen) atoms. The first-order chi connectivity index (χ1) is 12.5. The van der Waals surface area contributed by atoms with Crippen molar-refractivity contribution in [3.05, 3.63) is 42.2 Å². The van der Waals surface area contributed by atoms with E-state index in [4.69, 9.17) is 0 Å². The van der Waals surface area contributed by atoms with Crippen LogP contribution in [0.5, 0.6) is 5.75 Å². The molecule has 3 N–H and O–H groups in total. The van der Waals surface area contributed by atoms with Crippen LogP contribution in [0.3, 0.4) is 0 Å². The monoisotopic (exact) mass is 352 g/mol. The van der Waals surface area contributed by atoms with Crippen LogP contribution in [-0.2, 0) is 11.3 Å². The summed E-state index contributed by atoms with van der Waals surface area (Å²) in [5.74, 6) is 0.487. The van der Waals surface area contributed by atoms with Gasteiger partial charge in [-0.1, -0.05) is 0 Å². The van der Waals surface area contributed by atoms with Crippen molar-refractivity contribution in [2.75, 3.05) is 19.4 Å². The van der Waals surface area contributed by atoms with E-state index in [0.29, 0.717) is 17.3 Å². The molecule has 0 atom stereocenters. The first kappa shape index (κ1) is 17.4. The van der Waals surface area contributed by atoms with Gasteiger partial charge in [0.1, 0.15) is 18.0 Å². The second-order valence-electron chi connectivity index (χ2n) is 5.83. The molecule has 8 heteroatoms. The van der Waals surface area contributed by atoms with E-state index in [-0.39, 0.29) is 18.2 Å². The van der Waals surface area contributed by atoms with E-state index in [1.54, 1.807) is 49.4 Å². The predicted octanol–water partition coefficient (Wildman–Crippen LogP) is 1.81. The Labute approximate surface area is 150 Å². The van der Waals surface area contributed by atoms with Crippen molar-refractivity contribution in [1.82, 2.24) is 25.1 Å². The first-order valence-corrected chi connectivity index (χ1v) is 8.10. The molecule has 2 heterocycles. The van der Waals surface area contributed by atoms with Gasteiger partial charge in [0.05, 0.1) is 5.69 Å². The highest BCUT2D eigenvalue weighted by atomic mass is 16.3. The predicted molar refractivity (Wildman–Crippen MR) is 98.7 cm³/mol. The van der Waals surface area contributed by atoms with Gasteiger partial charge in [-0.3, -0.25) is 9.48 Å². The minimum absolute atomic E-state index is 0.0886. The number of aryl methyl sites for hydroxylation is 1. The van der Waals surface area contributed by atoms with Gasteiger partial charge in [0.15, 0.2) is 0 Å². The van der Waals surface area contributed by atoms with Gasteiger partial charge in [-0.2, -0.15) is 5.10 Å². The van der Waals surface area contributed by atoms with Crippen molar-refractivity contribution in [3.63, 3.8) is 0 Å². The van der Waals surface area contributed by atoms with E-state index in [0.717, 1.165) is 16.7 Å². The highest BCUT2D eigenvalue weighted by Gasteiger charge is 2.17. The highest BCUT2D eigenvalue weighted by Crippen LogP contribution is 2.32. The van der Waals surface area contributed by atoms with Gasteiger partial charge in [0.2, 0.25) is 11.9 Å². The number of nitrogens with zero attached hydrogens (tertiary/aromatic N) is 4. The van der Waals surface area contributed by atoms with E-state index < -0.39 is 0 Å². The topological polar surface area (TPSA) is 105 Å². The number of aromatic nitrogens is 4. The normalized spacial score (nSPS) is 10.6. The lowest BCUT2D eigenvalue weighted by molar-refractivity contribution is -0.121. The molecule has 0 saturated heterocycles. The first-order valence-electron chi connectivity index (χ1n) is 8.10. The maximum Gasteiger partial charge on any atom is 0.241 e. The molecule has 1 amide bonds. The largest absolute Gasteiger partial charge is 0.508 e. The summed E-state index contributed by atoms with van der Waals surface area (Å²) in [7, 11) is 3.32. The second kappa shape index (κ2) is 7.22. The average molecular weight is 352 g/mol. The van der Waals surface area contributed by atoms with Gasteiger partial charge in [-0.15, -0.1) is 0 Å². The molecule has 3 aromatic rings. The Morgan fingerprint density at radius 3 is 2.77 bits per heavy atom. The molecule has 8 nitrogen and oxygen atoms in total. The fourth-order valence-electron chi connectivity index (χ4n) is 2.66. The molecule has 1 aromatic carbocycles. The molecular formula is C18H20N6O2. The summed E-state index contributed by atoms with van der Waals surface area (Å²) >= 11 is 0. The fraction of sp³-hybridized carbons (Fsp3) is 0.222. The minimum atomic E-state index is -0.156. The number of amides is 1. The molecule has 134 valence electrons. The van der Waals surface area contributed by atoms with Gasteiger partial charge in [-0.25, -0.2) is 9.97 Å². The summed E-state index contributed by atoms with van der Waals surface area (Å²) < 4.78 is 1.56. The van der Waals surface area contributed by atoms with E-state index in [1.165, 1.54) is 0 Å². The standard InChI is InChI=1S/C18H20N6O2/c1-11-6-12(8-13(25)7-11)17-14(9-24(23-17)10-16(26)19-2)15-4-5-21-18(20-3)22-15/h4-9,25H,10H2,1-3H3,(H,19,26)(H,20,21,22). The number of phenolic OH excluding ortho intramolecular Hbond substituents is 1. The minimum Gasteiger partial charge on any atom is -0.508 e. The zero-order valence-corrected chi connectivity index (χ0v) is 14.8. The quantitative estimate of drug-likeness (QED) is 0.647. The summed E-state index contributed by atoms with van der Waals surface area (Å²) in [6, 6.07) is 7.02. The third kappa shape index (κ3) is 3.64. The molecule has 0 spiro atoms. The molecule has 0 unspecified atom stereocenters. The van der Waals surface area contributed by atoms with Gasteiger partial charge < -0.3 is 15.7 Å². The fourth-order valence-corrected chi connectivity index (χ4v) is 2.66. The lowest BCUT2D eigenvalue weighted by Crippen LogP contribution is -2.23. The van der Waals surface area contributed by atoms with Crippen LogP contribution in [0.25, 0.3) is 22.5 Å². The van der Waals surface area contributed by atoms with Crippen LogP contribution < -0.4 is 10.6 Å². The zero-order valence-electron chi connectivity index (χ0n) is 14.8. The van der Waals surface area contributed by atoms with Crippen molar-refractivity contribution in [2.45, 2.75) is 13.5 Å². The van der Waals surface area contributed by atoms with Crippen LogP contribution >= 0.6 is 0 Å². The maximum atomic E-state index is 11.7. The molecular weight excluding hydrogens is 332 g/mol. The van der Waals surface area contributed by atoms with Crippen LogP contribution in [-0.4, -0.2) is 44.9 Å². The molecule has 0 bridgehead atoms. The lowest BCUT2D eigenvalue weighted by Gasteiger charge is -2.05. The second-order valence-corrected chi connectivity index (χ2v) is 5.83. The van der Waals surface area contributed by atoms with Crippen molar-refractivity contribution >= 4 is 11.9 Å². The van der Waals surface area contributed by atoms with Crippen LogP contribution in [0.2, 0.25) is 0 Å². The zero-order chi connectivity index (χ0) is 18.7. The number of anilines is 1. The Morgan fingerprint density at radius 1 is 1.27 bits per heavy atom. The number of phenols is 1. The number of hydrogen-bond acceptors (Lipinski definition) is 6. The number of aromatic hydroxyl groups is 1. The lowest BCUT2D eigenvalue weighted by atomic mass is 10.0. The number of rotatable bonds is 5. The molecule has 0 aliphatic heterocycles. The molecule has 3 rings (SSSR count). The Kier molecular flexibility index (Phi) is 4.83. The van der Waals surface area contributed by atoms with E-state index in [9.17, 15) is 9.90 Å². The Hall–Kier alpha value is -3.42. The molecule has 0 aliphatic rings. The van der Waals surface area contributed by atoms with E-state index in [1.807, 2.05) is 13.0 Å². The summed E-state index contributed by atoms with van der Waals surface area (Å²) in [5, 5.41) is 20.0. The van der Waals surface area contributed by atoms with Gasteiger partial charge in [0, 0.05) is 37.6 Å². The highest BCUT2D eigenvalue weighted by molar-refractivity contribution is 5.81. The van der Waals surface area contributed by atoms with Gasteiger partial charge in [0.25, 0.3) is 0 Å². The van der Waals surface area contributed by atoms with Crippen molar-refractivity contribution in [2.24, 2.45) is 0 Å². The van der Waals surface area contributed by atoms with E-state index in [2.05, 4.69) is 25.7 Å². The SMILES string of the molecule is CNC(=O)Cn1cc(-c2ccnc(NC)n2)c(-c2cc(C)cc(O)c2)n1. The third-order valence-electron chi connectivity index (χ3n) is 3.84. The molecule has 2 aromatic heterocycles. The number of benzene rings is 1. The Morgan fingerprint density at radius 2 is 2.08 bits per heavy atom. The number of nitrogens with one attached hydrogen (secondary N) is 2. The Balaban J connectivity index is 2.15. The van der Waals surface area contributed by atoms with Crippen molar-refractivity contribution < 1.29 is 9.90 Å². The number of hydrogen-bond donors (Lipinski definition) is 3. The molecule has 0 aliphatic carbocycles. The van der Waals surface area contributed by atoms with Gasteiger partial charge >= 0.3 is 0 Å². The smallest absolute Gasteiger partial charge is 0.241 e. The number of carbonyl (C=O) groups excluding carboxylic acids is 1. The van der Waals surface area contributed by atoms with Crippen LogP contribution in [0.4, 0.5) is 5.95 Å². The molecule has 0 radical (unpaired) electrons. The van der Waals surface area contributed by atoms with E-state index >= 15 is 0 Å². The summed E-state index contributed by atoms with van der Waals surface area (Å²) in [5.41, 5.74) is 3.71. The Bertz CT molecular complexity index is 930. The van der Waals surface area contributed by atoms with Gasteiger partial charge in [-0.05, 0) is 36.8 Å². The third-order valence-corrected chi connectivity index (χ3v) is 3.84. The van der Waals surface area contributed by atoms with Crippen LogP contribution in [0.15, 0.2) is 36.7 Å². The van der Waals surface area contributed by atoms with Crippen molar-refractivity contribution in [1.29, 1.82) is 0 Å². The maximum absolute atomic E-state index is 11.7. The summed E-state index contributed by atoms with van der Waals surface area (Å²) in [6.07, 6.45) is 3.42. The van der Waals surface area contributed by atoms with Crippen molar-refractivity contribution in [3.8, 4) is 28.3 Å².